The van der Waals surface area contributed by atoms with Crippen LogP contribution in [0.25, 0.3) is 0 Å². The smallest absolute Gasteiger partial charge is 0.316 e. The Kier molecular flexibility index (Phi) is 3.86. The summed E-state index contributed by atoms with van der Waals surface area (Å²) in [5.74, 6) is -1.20. The SMILES string of the molecule is O=C(NCCCl)C(=O)Nc1ncn[nH]1. The summed E-state index contributed by atoms with van der Waals surface area (Å²) in [7, 11) is 0. The molecule has 1 aromatic heterocycles. The fraction of sp³-hybridized carbons (Fsp3) is 0.333. The number of alkyl halides is 1. The molecule has 2 amide bonds. The van der Waals surface area contributed by atoms with Crippen molar-refractivity contribution in [2.75, 3.05) is 17.7 Å². The van der Waals surface area contributed by atoms with Gasteiger partial charge < -0.3 is 5.32 Å². The second kappa shape index (κ2) is 5.18. The minimum atomic E-state index is -0.813. The molecule has 1 rings (SSSR count). The number of H-pyrrole nitrogens is 1. The highest BCUT2D eigenvalue weighted by atomic mass is 35.5. The van der Waals surface area contributed by atoms with Crippen molar-refractivity contribution in [3.8, 4) is 0 Å². The number of nitrogens with one attached hydrogen (secondary N) is 3. The van der Waals surface area contributed by atoms with E-state index in [0.29, 0.717) is 0 Å². The molecule has 14 heavy (non-hydrogen) atoms. The summed E-state index contributed by atoms with van der Waals surface area (Å²) in [5, 5.41) is 10.4. The van der Waals surface area contributed by atoms with Crippen molar-refractivity contribution in [1.82, 2.24) is 20.5 Å². The van der Waals surface area contributed by atoms with Crippen molar-refractivity contribution in [1.29, 1.82) is 0 Å². The van der Waals surface area contributed by atoms with Gasteiger partial charge in [-0.3, -0.25) is 14.9 Å². The van der Waals surface area contributed by atoms with Crippen LogP contribution in [0.3, 0.4) is 0 Å². The van der Waals surface area contributed by atoms with Gasteiger partial charge in [-0.2, -0.15) is 10.1 Å². The number of hydrogen-bond acceptors (Lipinski definition) is 4. The van der Waals surface area contributed by atoms with Gasteiger partial charge in [0, 0.05) is 12.4 Å². The molecule has 0 saturated carbocycles. The molecule has 0 unspecified atom stereocenters. The fourth-order valence-corrected chi connectivity index (χ4v) is 0.766. The zero-order valence-electron chi connectivity index (χ0n) is 7.08. The van der Waals surface area contributed by atoms with Crippen LogP contribution in [0, 0.1) is 0 Å². The summed E-state index contributed by atoms with van der Waals surface area (Å²) >= 11 is 5.32. The van der Waals surface area contributed by atoms with Crippen molar-refractivity contribution in [2.45, 2.75) is 0 Å². The standard InChI is InChI=1S/C6H8ClN5O2/c7-1-2-8-4(13)5(14)11-6-9-3-10-12-6/h3H,1-2H2,(H,8,13)(H2,9,10,11,12,14). The minimum absolute atomic E-state index is 0.121. The van der Waals surface area contributed by atoms with E-state index in [4.69, 9.17) is 11.6 Å². The third-order valence-corrected chi connectivity index (χ3v) is 1.42. The molecule has 0 saturated heterocycles. The summed E-state index contributed by atoms with van der Waals surface area (Å²) in [6.45, 7) is 0.240. The molecule has 0 aliphatic heterocycles. The average Bonchev–Trinajstić information content (AvgIpc) is 2.66. The molecule has 7 nitrogen and oxygen atoms in total. The number of aromatic nitrogens is 3. The first-order valence-corrected chi connectivity index (χ1v) is 4.28. The van der Waals surface area contributed by atoms with E-state index < -0.39 is 11.8 Å². The molecule has 1 aromatic rings. The largest absolute Gasteiger partial charge is 0.347 e. The molecule has 0 spiro atoms. The van der Waals surface area contributed by atoms with Crippen molar-refractivity contribution in [2.24, 2.45) is 0 Å². The van der Waals surface area contributed by atoms with E-state index in [9.17, 15) is 9.59 Å². The second-order valence-corrected chi connectivity index (χ2v) is 2.61. The van der Waals surface area contributed by atoms with Crippen LogP contribution in [0.1, 0.15) is 0 Å². The van der Waals surface area contributed by atoms with E-state index in [1.54, 1.807) is 0 Å². The molecular formula is C6H8ClN5O2. The molecule has 0 bridgehead atoms. The number of rotatable bonds is 3. The number of halogens is 1. The van der Waals surface area contributed by atoms with Crippen molar-refractivity contribution >= 4 is 29.4 Å². The second-order valence-electron chi connectivity index (χ2n) is 2.23. The Labute approximate surface area is 84.2 Å². The summed E-state index contributed by atoms with van der Waals surface area (Å²) in [6, 6.07) is 0. The Morgan fingerprint density at radius 1 is 1.50 bits per heavy atom. The third-order valence-electron chi connectivity index (χ3n) is 1.23. The topological polar surface area (TPSA) is 99.8 Å². The zero-order chi connectivity index (χ0) is 10.4. The van der Waals surface area contributed by atoms with Gasteiger partial charge in [-0.15, -0.1) is 11.6 Å². The number of nitrogens with zero attached hydrogens (tertiary/aromatic N) is 2. The van der Waals surface area contributed by atoms with Gasteiger partial charge in [-0.05, 0) is 0 Å². The lowest BCUT2D eigenvalue weighted by Gasteiger charge is -2.01. The number of anilines is 1. The summed E-state index contributed by atoms with van der Waals surface area (Å²) < 4.78 is 0. The predicted molar refractivity (Wildman–Crippen MR) is 48.7 cm³/mol. The van der Waals surface area contributed by atoms with Gasteiger partial charge in [0.05, 0.1) is 0 Å². The summed E-state index contributed by atoms with van der Waals surface area (Å²) in [6.07, 6.45) is 1.21. The van der Waals surface area contributed by atoms with Crippen LogP contribution in [-0.4, -0.2) is 39.4 Å². The number of carbonyl (C=O) groups excluding carboxylic acids is 2. The van der Waals surface area contributed by atoms with Crippen LogP contribution in [0.2, 0.25) is 0 Å². The van der Waals surface area contributed by atoms with E-state index in [2.05, 4.69) is 25.8 Å². The molecule has 8 heteroatoms. The maximum Gasteiger partial charge on any atom is 0.316 e. The van der Waals surface area contributed by atoms with E-state index in [0.717, 1.165) is 0 Å². The van der Waals surface area contributed by atoms with Gasteiger partial charge in [0.15, 0.2) is 0 Å². The Bertz CT molecular complexity index is 312. The molecule has 0 aliphatic rings. The average molecular weight is 218 g/mol. The highest BCUT2D eigenvalue weighted by Crippen LogP contribution is 1.91. The lowest BCUT2D eigenvalue weighted by Crippen LogP contribution is -2.36. The molecule has 3 N–H and O–H groups in total. The van der Waals surface area contributed by atoms with Gasteiger partial charge in [0.1, 0.15) is 6.33 Å². The van der Waals surface area contributed by atoms with Crippen molar-refractivity contribution < 1.29 is 9.59 Å². The first-order valence-electron chi connectivity index (χ1n) is 3.74. The van der Waals surface area contributed by atoms with Crippen LogP contribution in [0.5, 0.6) is 0 Å². The number of hydrogen-bond donors (Lipinski definition) is 3. The Morgan fingerprint density at radius 2 is 2.29 bits per heavy atom. The van der Waals surface area contributed by atoms with E-state index in [-0.39, 0.29) is 18.4 Å². The maximum atomic E-state index is 11.1. The Morgan fingerprint density at radius 3 is 2.86 bits per heavy atom. The van der Waals surface area contributed by atoms with Gasteiger partial charge in [-0.25, -0.2) is 5.10 Å². The quantitative estimate of drug-likeness (QED) is 0.451. The molecule has 76 valence electrons. The lowest BCUT2D eigenvalue weighted by atomic mass is 10.5. The Balaban J connectivity index is 2.38. The van der Waals surface area contributed by atoms with Crippen LogP contribution < -0.4 is 10.6 Å². The van der Waals surface area contributed by atoms with Crippen LogP contribution in [-0.2, 0) is 9.59 Å². The fourth-order valence-electron chi connectivity index (χ4n) is 0.671. The summed E-state index contributed by atoms with van der Waals surface area (Å²) in [4.78, 5) is 25.7. The monoisotopic (exact) mass is 217 g/mol. The number of amides is 2. The highest BCUT2D eigenvalue weighted by molar-refractivity contribution is 6.39. The third kappa shape index (κ3) is 3.02. The molecule has 0 aromatic carbocycles. The van der Waals surface area contributed by atoms with E-state index in [1.807, 2.05) is 0 Å². The first-order chi connectivity index (χ1) is 6.74. The van der Waals surface area contributed by atoms with Crippen molar-refractivity contribution in [3.05, 3.63) is 6.33 Å². The minimum Gasteiger partial charge on any atom is -0.347 e. The van der Waals surface area contributed by atoms with Crippen molar-refractivity contribution in [3.63, 3.8) is 0 Å². The van der Waals surface area contributed by atoms with Crippen LogP contribution in [0.15, 0.2) is 6.33 Å². The highest BCUT2D eigenvalue weighted by Gasteiger charge is 2.13. The molecule has 0 atom stereocenters. The Hall–Kier alpha value is -1.63. The van der Waals surface area contributed by atoms with Gasteiger partial charge in [0.25, 0.3) is 0 Å². The van der Waals surface area contributed by atoms with Gasteiger partial charge in [-0.1, -0.05) is 0 Å². The number of carbonyl (C=O) groups is 2. The zero-order valence-corrected chi connectivity index (χ0v) is 7.84. The van der Waals surface area contributed by atoms with E-state index in [1.165, 1.54) is 6.33 Å². The number of aromatic amines is 1. The van der Waals surface area contributed by atoms with E-state index >= 15 is 0 Å². The molecule has 0 fully saturated rings. The molecular weight excluding hydrogens is 210 g/mol. The van der Waals surface area contributed by atoms with Gasteiger partial charge >= 0.3 is 11.8 Å². The van der Waals surface area contributed by atoms with Crippen LogP contribution >= 0.6 is 11.6 Å². The summed E-state index contributed by atoms with van der Waals surface area (Å²) in [5.41, 5.74) is 0. The normalized spacial score (nSPS) is 9.50. The van der Waals surface area contributed by atoms with Gasteiger partial charge in [0.2, 0.25) is 5.95 Å². The lowest BCUT2D eigenvalue weighted by molar-refractivity contribution is -0.136. The maximum absolute atomic E-state index is 11.1. The van der Waals surface area contributed by atoms with Crippen LogP contribution in [0.4, 0.5) is 5.95 Å². The predicted octanol–water partition coefficient (Wildman–Crippen LogP) is -0.902. The molecule has 1 heterocycles. The first kappa shape index (κ1) is 10.5. The molecule has 0 aliphatic carbocycles. The molecule has 0 radical (unpaired) electrons.